The van der Waals surface area contributed by atoms with Crippen LogP contribution < -0.4 is 4.72 Å². The number of rotatable bonds is 5. The Hall–Kier alpha value is -1.17. The smallest absolute Gasteiger partial charge is 0.207 e. The Kier molecular flexibility index (Phi) is 5.19. The molecule has 2 aromatic carbocycles. The topological polar surface area (TPSA) is 46.2 Å². The summed E-state index contributed by atoms with van der Waals surface area (Å²) in [5, 5.41) is 0. The van der Waals surface area contributed by atoms with Gasteiger partial charge in [-0.1, -0.05) is 47.1 Å². The van der Waals surface area contributed by atoms with Crippen LogP contribution in [-0.2, 0) is 16.4 Å². The van der Waals surface area contributed by atoms with Crippen LogP contribution in [0.5, 0.6) is 0 Å². The van der Waals surface area contributed by atoms with Gasteiger partial charge >= 0.3 is 0 Å². The Morgan fingerprint density at radius 3 is 2.14 bits per heavy atom. The van der Waals surface area contributed by atoms with Crippen molar-refractivity contribution in [1.29, 1.82) is 0 Å². The van der Waals surface area contributed by atoms with E-state index in [2.05, 4.69) is 27.6 Å². The zero-order valence-electron chi connectivity index (χ0n) is 12.0. The van der Waals surface area contributed by atoms with Gasteiger partial charge in [0.05, 0.1) is 4.90 Å². The van der Waals surface area contributed by atoms with Crippen molar-refractivity contribution in [2.45, 2.75) is 31.2 Å². The van der Waals surface area contributed by atoms with Gasteiger partial charge in [-0.3, -0.25) is 0 Å². The van der Waals surface area contributed by atoms with Crippen LogP contribution in [0, 0.1) is 0 Å². The molecule has 3 nitrogen and oxygen atoms in total. The number of benzene rings is 2. The monoisotopic (exact) mass is 367 g/mol. The highest BCUT2D eigenvalue weighted by Crippen LogP contribution is 2.19. The van der Waals surface area contributed by atoms with Gasteiger partial charge in [0.1, 0.15) is 0 Å². The standard InChI is InChI=1S/C16H18BrNO2S/c1-3-13-4-6-14(7-5-13)12(2)18-21(19,20)16-10-8-15(17)9-11-16/h4-12,18H,3H2,1-2H3/t12-/m1/s1. The van der Waals surface area contributed by atoms with Crippen LogP contribution in [0.4, 0.5) is 0 Å². The molecular weight excluding hydrogens is 350 g/mol. The summed E-state index contributed by atoms with van der Waals surface area (Å²) in [5.74, 6) is 0. The van der Waals surface area contributed by atoms with Gasteiger partial charge in [0.15, 0.2) is 0 Å². The minimum absolute atomic E-state index is 0.266. The SMILES string of the molecule is CCc1ccc([C@@H](C)NS(=O)(=O)c2ccc(Br)cc2)cc1. The van der Waals surface area contributed by atoms with E-state index in [0.717, 1.165) is 16.5 Å². The zero-order valence-corrected chi connectivity index (χ0v) is 14.4. The Labute approximate surface area is 134 Å². The molecule has 0 spiro atoms. The third kappa shape index (κ3) is 4.15. The number of hydrogen-bond donors (Lipinski definition) is 1. The molecule has 0 saturated carbocycles. The van der Waals surface area contributed by atoms with Crippen molar-refractivity contribution in [3.8, 4) is 0 Å². The van der Waals surface area contributed by atoms with Crippen LogP contribution in [0.15, 0.2) is 57.9 Å². The molecule has 112 valence electrons. The van der Waals surface area contributed by atoms with Crippen molar-refractivity contribution in [2.75, 3.05) is 0 Å². The first-order chi connectivity index (χ1) is 9.92. The van der Waals surface area contributed by atoms with Gasteiger partial charge in [-0.15, -0.1) is 0 Å². The molecule has 21 heavy (non-hydrogen) atoms. The molecule has 2 aromatic rings. The summed E-state index contributed by atoms with van der Waals surface area (Å²) in [6, 6.07) is 14.3. The van der Waals surface area contributed by atoms with Crippen LogP contribution in [-0.4, -0.2) is 8.42 Å². The van der Waals surface area contributed by atoms with Gasteiger partial charge in [0, 0.05) is 10.5 Å². The molecule has 0 aliphatic carbocycles. The summed E-state index contributed by atoms with van der Waals surface area (Å²) in [7, 11) is -3.51. The highest BCUT2D eigenvalue weighted by molar-refractivity contribution is 9.10. The molecule has 0 aliphatic heterocycles. The lowest BCUT2D eigenvalue weighted by atomic mass is 10.1. The van der Waals surface area contributed by atoms with E-state index in [4.69, 9.17) is 0 Å². The molecule has 0 aliphatic rings. The van der Waals surface area contributed by atoms with Gasteiger partial charge in [0.2, 0.25) is 10.0 Å². The minimum atomic E-state index is -3.51. The summed E-state index contributed by atoms with van der Waals surface area (Å²) >= 11 is 3.30. The fraction of sp³-hybridized carbons (Fsp3) is 0.250. The van der Waals surface area contributed by atoms with Crippen molar-refractivity contribution >= 4 is 26.0 Å². The normalized spacial score (nSPS) is 13.1. The molecule has 5 heteroatoms. The van der Waals surface area contributed by atoms with Crippen molar-refractivity contribution in [2.24, 2.45) is 0 Å². The first-order valence-corrected chi connectivity index (χ1v) is 9.06. The van der Waals surface area contributed by atoms with E-state index < -0.39 is 10.0 Å². The van der Waals surface area contributed by atoms with E-state index in [0.29, 0.717) is 0 Å². The van der Waals surface area contributed by atoms with Crippen molar-refractivity contribution in [3.63, 3.8) is 0 Å². The number of hydrogen-bond acceptors (Lipinski definition) is 2. The summed E-state index contributed by atoms with van der Waals surface area (Å²) in [5.41, 5.74) is 2.19. The Morgan fingerprint density at radius 2 is 1.62 bits per heavy atom. The second kappa shape index (κ2) is 6.73. The number of sulfonamides is 1. The first-order valence-electron chi connectivity index (χ1n) is 6.79. The van der Waals surface area contributed by atoms with E-state index in [1.54, 1.807) is 24.3 Å². The van der Waals surface area contributed by atoms with E-state index in [-0.39, 0.29) is 10.9 Å². The van der Waals surface area contributed by atoms with Crippen LogP contribution in [0.3, 0.4) is 0 Å². The molecule has 1 atom stereocenters. The maximum atomic E-state index is 12.3. The summed E-state index contributed by atoms with van der Waals surface area (Å²) < 4.78 is 28.2. The lowest BCUT2D eigenvalue weighted by Crippen LogP contribution is -2.26. The average Bonchev–Trinajstić information content (AvgIpc) is 2.47. The quantitative estimate of drug-likeness (QED) is 0.866. The molecule has 2 rings (SSSR count). The van der Waals surface area contributed by atoms with Crippen LogP contribution >= 0.6 is 15.9 Å². The van der Waals surface area contributed by atoms with Crippen LogP contribution in [0.25, 0.3) is 0 Å². The molecular formula is C16H18BrNO2S. The Balaban J connectivity index is 2.17. The highest BCUT2D eigenvalue weighted by Gasteiger charge is 2.18. The second-order valence-corrected chi connectivity index (χ2v) is 7.52. The molecule has 0 aromatic heterocycles. The Bertz CT molecular complexity index is 694. The zero-order chi connectivity index (χ0) is 15.5. The van der Waals surface area contributed by atoms with Gasteiger partial charge in [-0.2, -0.15) is 0 Å². The molecule has 0 bridgehead atoms. The number of halogens is 1. The molecule has 0 heterocycles. The van der Waals surface area contributed by atoms with Gasteiger partial charge < -0.3 is 0 Å². The van der Waals surface area contributed by atoms with Crippen LogP contribution in [0.1, 0.15) is 31.0 Å². The Morgan fingerprint density at radius 1 is 1.05 bits per heavy atom. The molecule has 0 unspecified atom stereocenters. The molecule has 0 amide bonds. The lowest BCUT2D eigenvalue weighted by molar-refractivity contribution is 0.567. The van der Waals surface area contributed by atoms with Gasteiger partial charge in [-0.05, 0) is 48.7 Å². The number of aryl methyl sites for hydroxylation is 1. The van der Waals surface area contributed by atoms with E-state index >= 15 is 0 Å². The maximum absolute atomic E-state index is 12.3. The molecule has 0 saturated heterocycles. The largest absolute Gasteiger partial charge is 0.241 e. The third-order valence-electron chi connectivity index (χ3n) is 3.34. The summed E-state index contributed by atoms with van der Waals surface area (Å²) in [6.07, 6.45) is 0.972. The van der Waals surface area contributed by atoms with Crippen molar-refractivity contribution in [1.82, 2.24) is 4.72 Å². The van der Waals surface area contributed by atoms with E-state index in [1.165, 1.54) is 5.56 Å². The molecule has 0 fully saturated rings. The fourth-order valence-electron chi connectivity index (χ4n) is 2.02. The number of nitrogens with one attached hydrogen (secondary N) is 1. The summed E-state index contributed by atoms with van der Waals surface area (Å²) in [4.78, 5) is 0.266. The maximum Gasteiger partial charge on any atom is 0.241 e. The molecule has 0 radical (unpaired) electrons. The van der Waals surface area contributed by atoms with Crippen molar-refractivity contribution < 1.29 is 8.42 Å². The second-order valence-electron chi connectivity index (χ2n) is 4.89. The fourth-order valence-corrected chi connectivity index (χ4v) is 3.52. The molecule has 1 N–H and O–H groups in total. The van der Waals surface area contributed by atoms with Crippen molar-refractivity contribution in [3.05, 3.63) is 64.1 Å². The predicted molar refractivity (Wildman–Crippen MR) is 88.7 cm³/mol. The first kappa shape index (κ1) is 16.2. The van der Waals surface area contributed by atoms with Gasteiger partial charge in [0.25, 0.3) is 0 Å². The third-order valence-corrected chi connectivity index (χ3v) is 5.43. The predicted octanol–water partition coefficient (Wildman–Crippen LogP) is 4.05. The lowest BCUT2D eigenvalue weighted by Gasteiger charge is -2.15. The van der Waals surface area contributed by atoms with E-state index in [1.807, 2.05) is 31.2 Å². The summed E-state index contributed by atoms with van der Waals surface area (Å²) in [6.45, 7) is 3.94. The minimum Gasteiger partial charge on any atom is -0.207 e. The highest BCUT2D eigenvalue weighted by atomic mass is 79.9. The van der Waals surface area contributed by atoms with E-state index in [9.17, 15) is 8.42 Å². The van der Waals surface area contributed by atoms with Crippen LogP contribution in [0.2, 0.25) is 0 Å². The van der Waals surface area contributed by atoms with Gasteiger partial charge in [-0.25, -0.2) is 13.1 Å². The average molecular weight is 368 g/mol.